The third-order valence-electron chi connectivity index (χ3n) is 2.07. The van der Waals surface area contributed by atoms with Crippen LogP contribution in [0, 0.1) is 5.82 Å². The maximum absolute atomic E-state index is 13.6. The van der Waals surface area contributed by atoms with Gasteiger partial charge in [0.25, 0.3) is 0 Å². The fourth-order valence-electron chi connectivity index (χ4n) is 1.22. The van der Waals surface area contributed by atoms with Crippen molar-refractivity contribution in [1.29, 1.82) is 0 Å². The molecule has 0 atom stereocenters. The van der Waals surface area contributed by atoms with Crippen LogP contribution < -0.4 is 9.64 Å². The Bertz CT molecular complexity index is 611. The molecule has 8 heteroatoms. The molecule has 0 bridgehead atoms. The first kappa shape index (κ1) is 14.0. The Morgan fingerprint density at radius 1 is 1.26 bits per heavy atom. The lowest BCUT2D eigenvalue weighted by Gasteiger charge is -2.11. The number of hydrogen-bond donors (Lipinski definition) is 0. The molecule has 100 valence electrons. The molecule has 1 heterocycles. The van der Waals surface area contributed by atoms with Crippen LogP contribution >= 0.6 is 27.5 Å². The second-order valence-corrected chi connectivity index (χ2v) is 5.01. The highest BCUT2D eigenvalue weighted by Crippen LogP contribution is 2.26. The zero-order valence-corrected chi connectivity index (χ0v) is 12.4. The first-order valence-electron chi connectivity index (χ1n) is 5.17. The average Bonchev–Trinajstić information content (AvgIpc) is 2.32. The Hall–Kier alpha value is -1.47. The third kappa shape index (κ3) is 3.51. The van der Waals surface area contributed by atoms with Crippen LogP contribution in [0.4, 0.5) is 10.3 Å². The molecule has 0 aliphatic heterocycles. The lowest BCUT2D eigenvalue weighted by Crippen LogP contribution is -2.13. The van der Waals surface area contributed by atoms with Crippen molar-refractivity contribution in [2.75, 3.05) is 19.0 Å². The molecule has 2 aromatic rings. The van der Waals surface area contributed by atoms with Gasteiger partial charge >= 0.3 is 6.01 Å². The summed E-state index contributed by atoms with van der Waals surface area (Å²) in [6.07, 6.45) is 0. The van der Waals surface area contributed by atoms with Crippen LogP contribution in [0.3, 0.4) is 0 Å². The summed E-state index contributed by atoms with van der Waals surface area (Å²) in [6, 6.07) is 4.33. The molecule has 5 nitrogen and oxygen atoms in total. The summed E-state index contributed by atoms with van der Waals surface area (Å²) < 4.78 is 19.5. The zero-order chi connectivity index (χ0) is 14.0. The summed E-state index contributed by atoms with van der Waals surface area (Å²) in [5.74, 6) is -0.194. The Morgan fingerprint density at radius 3 is 2.63 bits per heavy atom. The fraction of sp³-hybridized carbons (Fsp3) is 0.182. The number of aromatic nitrogens is 3. The van der Waals surface area contributed by atoms with Gasteiger partial charge in [0, 0.05) is 18.6 Å². The van der Waals surface area contributed by atoms with E-state index in [1.54, 1.807) is 25.1 Å². The van der Waals surface area contributed by atoms with E-state index in [1.807, 2.05) is 0 Å². The van der Waals surface area contributed by atoms with Crippen molar-refractivity contribution in [3.05, 3.63) is 33.8 Å². The molecular weight excluding hydrogens is 339 g/mol. The normalized spacial score (nSPS) is 10.4. The molecule has 0 amide bonds. The highest BCUT2D eigenvalue weighted by molar-refractivity contribution is 9.10. The van der Waals surface area contributed by atoms with Crippen LogP contribution in [-0.4, -0.2) is 29.0 Å². The van der Waals surface area contributed by atoms with Gasteiger partial charge in [-0.2, -0.15) is 15.0 Å². The van der Waals surface area contributed by atoms with Crippen LogP contribution in [0.2, 0.25) is 5.28 Å². The van der Waals surface area contributed by atoms with Gasteiger partial charge in [0.2, 0.25) is 11.2 Å². The third-order valence-corrected chi connectivity index (χ3v) is 2.73. The molecule has 0 saturated carbocycles. The Labute approximate surface area is 122 Å². The summed E-state index contributed by atoms with van der Waals surface area (Å²) in [5.41, 5.74) is 0. The van der Waals surface area contributed by atoms with E-state index in [1.165, 1.54) is 12.1 Å². The minimum absolute atomic E-state index is 0.00942. The van der Waals surface area contributed by atoms with Gasteiger partial charge in [0.05, 0.1) is 0 Å². The van der Waals surface area contributed by atoms with Crippen molar-refractivity contribution in [3.63, 3.8) is 0 Å². The summed E-state index contributed by atoms with van der Waals surface area (Å²) in [6.45, 7) is 0. The van der Waals surface area contributed by atoms with Crippen molar-refractivity contribution in [1.82, 2.24) is 15.0 Å². The van der Waals surface area contributed by atoms with Crippen LogP contribution in [0.1, 0.15) is 0 Å². The van der Waals surface area contributed by atoms with Gasteiger partial charge in [-0.15, -0.1) is 0 Å². The van der Waals surface area contributed by atoms with Gasteiger partial charge in [0.1, 0.15) is 0 Å². The molecule has 1 aromatic carbocycles. The number of rotatable bonds is 3. The Morgan fingerprint density at radius 2 is 2.00 bits per heavy atom. The van der Waals surface area contributed by atoms with Crippen molar-refractivity contribution >= 4 is 33.5 Å². The molecule has 19 heavy (non-hydrogen) atoms. The first-order valence-corrected chi connectivity index (χ1v) is 6.34. The lowest BCUT2D eigenvalue weighted by atomic mass is 10.3. The number of benzene rings is 1. The smallest absolute Gasteiger partial charge is 0.328 e. The predicted octanol–water partition coefficient (Wildman–Crippen LogP) is 3.28. The first-order chi connectivity index (χ1) is 8.95. The molecule has 0 unspecified atom stereocenters. The van der Waals surface area contributed by atoms with E-state index in [9.17, 15) is 4.39 Å². The lowest BCUT2D eigenvalue weighted by molar-refractivity contribution is 0.409. The topological polar surface area (TPSA) is 51.1 Å². The van der Waals surface area contributed by atoms with Gasteiger partial charge in [-0.3, -0.25) is 0 Å². The minimum Gasteiger partial charge on any atom is -0.421 e. The maximum atomic E-state index is 13.6. The fourth-order valence-corrected chi connectivity index (χ4v) is 1.71. The zero-order valence-electron chi connectivity index (χ0n) is 10.1. The molecule has 0 spiro atoms. The van der Waals surface area contributed by atoms with E-state index in [2.05, 4.69) is 30.9 Å². The summed E-state index contributed by atoms with van der Waals surface area (Å²) in [7, 11) is 3.49. The van der Waals surface area contributed by atoms with Gasteiger partial charge < -0.3 is 9.64 Å². The SMILES string of the molecule is CN(C)c1nc(Cl)nc(Oc2ccc(Br)cc2F)n1. The van der Waals surface area contributed by atoms with E-state index >= 15 is 0 Å². The summed E-state index contributed by atoms with van der Waals surface area (Å²) >= 11 is 8.91. The second kappa shape index (κ2) is 5.66. The number of nitrogens with zero attached hydrogens (tertiary/aromatic N) is 4. The molecule has 0 saturated heterocycles. The Balaban J connectivity index is 2.32. The highest BCUT2D eigenvalue weighted by atomic mass is 79.9. The van der Waals surface area contributed by atoms with Gasteiger partial charge in [-0.1, -0.05) is 15.9 Å². The number of ether oxygens (including phenoxy) is 1. The predicted molar refractivity (Wildman–Crippen MR) is 73.3 cm³/mol. The van der Waals surface area contributed by atoms with E-state index < -0.39 is 5.82 Å². The number of hydrogen-bond acceptors (Lipinski definition) is 5. The van der Waals surface area contributed by atoms with E-state index in [-0.39, 0.29) is 17.0 Å². The molecule has 0 aliphatic carbocycles. The van der Waals surface area contributed by atoms with Crippen LogP contribution in [0.25, 0.3) is 0 Å². The molecule has 2 rings (SSSR count). The molecule has 0 aliphatic rings. The molecule has 1 aromatic heterocycles. The van der Waals surface area contributed by atoms with Gasteiger partial charge in [-0.05, 0) is 29.8 Å². The summed E-state index contributed by atoms with van der Waals surface area (Å²) in [5, 5.41) is -0.0220. The van der Waals surface area contributed by atoms with Crippen molar-refractivity contribution in [3.8, 4) is 11.8 Å². The van der Waals surface area contributed by atoms with Crippen molar-refractivity contribution < 1.29 is 9.13 Å². The van der Waals surface area contributed by atoms with Crippen LogP contribution in [-0.2, 0) is 0 Å². The molecule has 0 N–H and O–H groups in total. The largest absolute Gasteiger partial charge is 0.421 e. The van der Waals surface area contributed by atoms with Crippen molar-refractivity contribution in [2.45, 2.75) is 0 Å². The standard InChI is InChI=1S/C11H9BrClFN4O/c1-18(2)10-15-9(13)16-11(17-10)19-8-4-3-6(12)5-7(8)14/h3-5H,1-2H3. The summed E-state index contributed by atoms with van der Waals surface area (Å²) in [4.78, 5) is 13.3. The maximum Gasteiger partial charge on any atom is 0.328 e. The van der Waals surface area contributed by atoms with E-state index in [0.717, 1.165) is 0 Å². The number of anilines is 1. The van der Waals surface area contributed by atoms with Gasteiger partial charge in [-0.25, -0.2) is 4.39 Å². The second-order valence-electron chi connectivity index (χ2n) is 3.76. The molecule has 0 radical (unpaired) electrons. The van der Waals surface area contributed by atoms with Crippen molar-refractivity contribution in [2.24, 2.45) is 0 Å². The Kier molecular flexibility index (Phi) is 4.16. The van der Waals surface area contributed by atoms with Gasteiger partial charge in [0.15, 0.2) is 11.6 Å². The molecule has 0 fully saturated rings. The van der Waals surface area contributed by atoms with Crippen LogP contribution in [0.15, 0.2) is 22.7 Å². The van der Waals surface area contributed by atoms with Crippen LogP contribution in [0.5, 0.6) is 11.8 Å². The average molecular weight is 348 g/mol. The van der Waals surface area contributed by atoms with E-state index in [0.29, 0.717) is 10.4 Å². The minimum atomic E-state index is -0.530. The molecular formula is C11H9BrClFN4O. The van der Waals surface area contributed by atoms with E-state index in [4.69, 9.17) is 16.3 Å². The monoisotopic (exact) mass is 346 g/mol. The highest BCUT2D eigenvalue weighted by Gasteiger charge is 2.11. The quantitative estimate of drug-likeness (QED) is 0.853. The number of halogens is 3.